The first-order valence-electron chi connectivity index (χ1n) is 13.5. The molecule has 2 fully saturated rings. The maximum Gasteiger partial charge on any atom is 0.326 e. The van der Waals surface area contributed by atoms with E-state index >= 15 is 0 Å². The molecule has 0 aromatic rings. The van der Waals surface area contributed by atoms with Gasteiger partial charge in [-0.15, -0.1) is 0 Å². The van der Waals surface area contributed by atoms with Gasteiger partial charge < -0.3 is 46.2 Å². The van der Waals surface area contributed by atoms with E-state index in [2.05, 4.69) is 22.9 Å². The smallest absolute Gasteiger partial charge is 0.326 e. The summed E-state index contributed by atoms with van der Waals surface area (Å²) in [5.74, 6) is -5.46. The van der Waals surface area contributed by atoms with Crippen LogP contribution in [0.3, 0.4) is 0 Å². The molecule has 1 saturated carbocycles. The lowest BCUT2D eigenvalue weighted by molar-refractivity contribution is -0.414. The summed E-state index contributed by atoms with van der Waals surface area (Å²) in [6.07, 6.45) is 2.08. The number of carbonyl (C=O) groups is 4. The molecule has 3 amide bonds. The first-order chi connectivity index (χ1) is 17.8. The lowest BCUT2D eigenvalue weighted by atomic mass is 9.65. The third-order valence-electron chi connectivity index (χ3n) is 8.76. The zero-order chi connectivity index (χ0) is 30.0. The molecule has 8 N–H and O–H groups in total. The Hall–Kier alpha value is -2.32. The summed E-state index contributed by atoms with van der Waals surface area (Å²) in [6.45, 7) is 7.44. The number of hydrogen-bond acceptors (Lipinski definition) is 9. The van der Waals surface area contributed by atoms with Crippen molar-refractivity contribution in [1.82, 2.24) is 16.0 Å². The first kappa shape index (κ1) is 32.9. The lowest BCUT2D eigenvalue weighted by Crippen LogP contribution is -2.82. The van der Waals surface area contributed by atoms with Crippen molar-refractivity contribution in [3.05, 3.63) is 0 Å². The van der Waals surface area contributed by atoms with Crippen LogP contribution >= 0.6 is 0 Å². The second-order valence-corrected chi connectivity index (χ2v) is 11.6. The number of rotatable bonds is 10. The summed E-state index contributed by atoms with van der Waals surface area (Å²) < 4.78 is 5.37. The first-order valence-corrected chi connectivity index (χ1v) is 13.5. The Labute approximate surface area is 228 Å². The molecule has 1 aliphatic carbocycles. The monoisotopic (exact) mass is 559 g/mol. The predicted octanol–water partition coefficient (Wildman–Crippen LogP) is -0.714. The zero-order valence-corrected chi connectivity index (χ0v) is 23.6. The molecule has 0 aromatic carbocycles. The van der Waals surface area contributed by atoms with Crippen LogP contribution in [0.4, 0.5) is 0 Å². The van der Waals surface area contributed by atoms with E-state index in [1.807, 2.05) is 0 Å². The highest BCUT2D eigenvalue weighted by Crippen LogP contribution is 2.48. The van der Waals surface area contributed by atoms with Gasteiger partial charge in [0.25, 0.3) is 5.91 Å². The van der Waals surface area contributed by atoms with Crippen molar-refractivity contribution in [2.24, 2.45) is 5.92 Å². The molecule has 39 heavy (non-hydrogen) atoms. The molecule has 13 nitrogen and oxygen atoms in total. The average Bonchev–Trinajstić information content (AvgIpc) is 2.82. The topological polar surface area (TPSA) is 215 Å². The Morgan fingerprint density at radius 3 is 1.90 bits per heavy atom. The van der Waals surface area contributed by atoms with Crippen LogP contribution in [-0.4, -0.2) is 96.0 Å². The van der Waals surface area contributed by atoms with Crippen molar-refractivity contribution < 1.29 is 49.4 Å². The summed E-state index contributed by atoms with van der Waals surface area (Å²) in [6, 6.07) is -2.76. The molecule has 2 rings (SSSR count). The molecular formula is C26H45N3O10. The van der Waals surface area contributed by atoms with Crippen LogP contribution in [0.25, 0.3) is 0 Å². The SMILES string of the molecule is CCC1CCC(NC(=O)C(CCC(NC(C)=O)C(=O)O)NC(=O)C2O[C@@](C)(O)C(C)(O)C(C)(O)[C@]2(C)O)CC1. The van der Waals surface area contributed by atoms with Crippen molar-refractivity contribution in [2.75, 3.05) is 0 Å². The molecule has 0 bridgehead atoms. The number of ether oxygens (including phenoxy) is 1. The minimum Gasteiger partial charge on any atom is -0.480 e. The van der Waals surface area contributed by atoms with Crippen LogP contribution in [0.15, 0.2) is 0 Å². The van der Waals surface area contributed by atoms with E-state index in [4.69, 9.17) is 4.74 Å². The van der Waals surface area contributed by atoms with Gasteiger partial charge in [0.2, 0.25) is 11.8 Å². The number of aliphatic carboxylic acids is 1. The summed E-state index contributed by atoms with van der Waals surface area (Å²) in [5.41, 5.74) is -7.27. The highest BCUT2D eigenvalue weighted by molar-refractivity contribution is 5.90. The van der Waals surface area contributed by atoms with E-state index in [-0.39, 0.29) is 18.9 Å². The number of carbonyl (C=O) groups excluding carboxylic acids is 3. The van der Waals surface area contributed by atoms with Gasteiger partial charge in [0.15, 0.2) is 11.9 Å². The molecule has 1 saturated heterocycles. The molecular weight excluding hydrogens is 514 g/mol. The molecule has 13 heteroatoms. The lowest BCUT2D eigenvalue weighted by Gasteiger charge is -2.59. The fourth-order valence-electron chi connectivity index (χ4n) is 5.34. The molecule has 1 heterocycles. The molecule has 0 spiro atoms. The summed E-state index contributed by atoms with van der Waals surface area (Å²) >= 11 is 0. The van der Waals surface area contributed by atoms with Gasteiger partial charge in [0, 0.05) is 13.0 Å². The van der Waals surface area contributed by atoms with Crippen LogP contribution in [0.2, 0.25) is 0 Å². The molecule has 1 aliphatic heterocycles. The normalized spacial score (nSPS) is 38.3. The van der Waals surface area contributed by atoms with Gasteiger partial charge in [-0.3, -0.25) is 14.4 Å². The number of nitrogens with one attached hydrogen (secondary N) is 3. The van der Waals surface area contributed by atoms with Gasteiger partial charge >= 0.3 is 5.97 Å². The maximum absolute atomic E-state index is 13.4. The molecule has 224 valence electrons. The van der Waals surface area contributed by atoms with Gasteiger partial charge in [0.05, 0.1) is 0 Å². The maximum atomic E-state index is 13.4. The average molecular weight is 560 g/mol. The number of aliphatic hydroxyl groups is 4. The number of carboxylic acids is 1. The van der Waals surface area contributed by atoms with Gasteiger partial charge in [0.1, 0.15) is 28.9 Å². The Morgan fingerprint density at radius 1 is 0.872 bits per heavy atom. The highest BCUT2D eigenvalue weighted by atomic mass is 16.7. The van der Waals surface area contributed by atoms with E-state index in [9.17, 15) is 44.7 Å². The summed E-state index contributed by atoms with van der Waals surface area (Å²) in [7, 11) is 0. The molecule has 0 radical (unpaired) electrons. The quantitative estimate of drug-likeness (QED) is 0.168. The van der Waals surface area contributed by atoms with Crippen molar-refractivity contribution in [2.45, 2.75) is 133 Å². The Bertz CT molecular complexity index is 925. The summed E-state index contributed by atoms with van der Waals surface area (Å²) in [5, 5.41) is 60.7. The van der Waals surface area contributed by atoms with Crippen molar-refractivity contribution in [3.8, 4) is 0 Å². The second-order valence-electron chi connectivity index (χ2n) is 11.6. The second kappa shape index (κ2) is 12.0. The van der Waals surface area contributed by atoms with E-state index in [0.717, 1.165) is 66.7 Å². The fraction of sp³-hybridized carbons (Fsp3) is 0.846. The Balaban J connectivity index is 2.28. The van der Waals surface area contributed by atoms with Crippen LogP contribution in [0.1, 0.15) is 86.5 Å². The number of hydrogen-bond donors (Lipinski definition) is 8. The van der Waals surface area contributed by atoms with Crippen molar-refractivity contribution in [3.63, 3.8) is 0 Å². The van der Waals surface area contributed by atoms with Crippen LogP contribution < -0.4 is 16.0 Å². The summed E-state index contributed by atoms with van der Waals surface area (Å²) in [4.78, 5) is 49.7. The van der Waals surface area contributed by atoms with Crippen molar-refractivity contribution >= 4 is 23.7 Å². The molecule has 0 aromatic heterocycles. The van der Waals surface area contributed by atoms with Gasteiger partial charge in [-0.2, -0.15) is 0 Å². The zero-order valence-electron chi connectivity index (χ0n) is 23.6. The van der Waals surface area contributed by atoms with E-state index in [1.54, 1.807) is 0 Å². The number of amides is 3. The van der Waals surface area contributed by atoms with Gasteiger partial charge in [-0.1, -0.05) is 13.3 Å². The predicted molar refractivity (Wildman–Crippen MR) is 138 cm³/mol. The van der Waals surface area contributed by atoms with Gasteiger partial charge in [-0.25, -0.2) is 4.79 Å². The largest absolute Gasteiger partial charge is 0.480 e. The standard InChI is InChI=1S/C26H45N3O10/c1-7-15-8-10-16(11-9-15)28-20(31)17(12-13-18(22(33)34)27-14(2)30)29-21(32)19-23(3,35)24(4,36)25(5,37)26(6,38)39-19/h15-19,35-38H,7-13H2,1-6H3,(H,27,30)(H,28,31)(H,29,32)(H,33,34)/t15?,16?,17?,18?,19?,23-,24?,25?,26-/m1/s1. The third kappa shape index (κ3) is 6.88. The Morgan fingerprint density at radius 2 is 1.41 bits per heavy atom. The van der Waals surface area contributed by atoms with E-state index < -0.39 is 64.5 Å². The minimum absolute atomic E-state index is 0.143. The third-order valence-corrected chi connectivity index (χ3v) is 8.76. The molecule has 2 aliphatic rings. The van der Waals surface area contributed by atoms with E-state index in [1.165, 1.54) is 0 Å². The van der Waals surface area contributed by atoms with E-state index in [0.29, 0.717) is 5.92 Å². The van der Waals surface area contributed by atoms with Crippen LogP contribution in [0, 0.1) is 5.92 Å². The van der Waals surface area contributed by atoms with Crippen LogP contribution in [-0.2, 0) is 23.9 Å². The van der Waals surface area contributed by atoms with Gasteiger partial charge in [-0.05, 0) is 72.1 Å². The molecule has 7 atom stereocenters. The minimum atomic E-state index is -2.48. The Kier molecular flexibility index (Phi) is 10.2. The molecule has 5 unspecified atom stereocenters. The highest BCUT2D eigenvalue weighted by Gasteiger charge is 2.71. The van der Waals surface area contributed by atoms with Crippen molar-refractivity contribution in [1.29, 1.82) is 0 Å². The van der Waals surface area contributed by atoms with Crippen LogP contribution in [0.5, 0.6) is 0 Å². The fourth-order valence-corrected chi connectivity index (χ4v) is 5.34. The number of carboxylic acid groups (broad SMARTS) is 1.